The van der Waals surface area contributed by atoms with E-state index in [1.807, 2.05) is 24.3 Å². The third kappa shape index (κ3) is 4.44. The molecule has 2 atom stereocenters. The van der Waals surface area contributed by atoms with Gasteiger partial charge in [0.2, 0.25) is 10.0 Å². The first-order chi connectivity index (χ1) is 12.8. The first-order valence-electron chi connectivity index (χ1n) is 8.91. The van der Waals surface area contributed by atoms with Gasteiger partial charge in [0.15, 0.2) is 5.78 Å². The van der Waals surface area contributed by atoms with E-state index < -0.39 is 16.1 Å². The Labute approximate surface area is 159 Å². The summed E-state index contributed by atoms with van der Waals surface area (Å²) in [5.74, 6) is 0.00999. The second-order valence-corrected chi connectivity index (χ2v) is 8.53. The zero-order chi connectivity index (χ0) is 19.6. The lowest BCUT2D eigenvalue weighted by atomic mass is 9.83. The van der Waals surface area contributed by atoms with Crippen LogP contribution in [0, 0.1) is 12.8 Å². The van der Waals surface area contributed by atoms with Crippen LogP contribution in [0.25, 0.3) is 0 Å². The van der Waals surface area contributed by atoms with Crippen molar-refractivity contribution < 1.29 is 18.3 Å². The van der Waals surface area contributed by atoms with Gasteiger partial charge in [-0.05, 0) is 42.5 Å². The number of ketones is 1. The van der Waals surface area contributed by atoms with Crippen molar-refractivity contribution in [3.63, 3.8) is 0 Å². The molecule has 1 aliphatic carbocycles. The van der Waals surface area contributed by atoms with Crippen molar-refractivity contribution in [2.24, 2.45) is 11.1 Å². The van der Waals surface area contributed by atoms with Crippen molar-refractivity contribution in [2.45, 2.75) is 30.8 Å². The summed E-state index contributed by atoms with van der Waals surface area (Å²) in [7, 11) is -3.84. The molecule has 3 rings (SSSR count). The normalized spacial score (nSPS) is 18.2. The summed E-state index contributed by atoms with van der Waals surface area (Å²) in [6, 6.07) is 12.4. The van der Waals surface area contributed by atoms with Crippen LogP contribution in [0.4, 0.5) is 0 Å². The fraction of sp³-hybridized carbons (Fsp3) is 0.350. The third-order valence-corrected chi connectivity index (χ3v) is 6.10. The van der Waals surface area contributed by atoms with E-state index >= 15 is 0 Å². The molecule has 0 saturated heterocycles. The first kappa shape index (κ1) is 19.7. The van der Waals surface area contributed by atoms with E-state index in [1.165, 1.54) is 6.07 Å². The highest BCUT2D eigenvalue weighted by Crippen LogP contribution is 2.25. The molecular weight excluding hydrogens is 364 g/mol. The minimum atomic E-state index is -3.84. The Morgan fingerprint density at radius 1 is 1.26 bits per heavy atom. The number of sulfonamides is 1. The molecule has 0 bridgehead atoms. The number of aliphatic hydroxyl groups is 1. The van der Waals surface area contributed by atoms with Crippen molar-refractivity contribution in [1.82, 2.24) is 5.32 Å². The van der Waals surface area contributed by atoms with Gasteiger partial charge in [-0.1, -0.05) is 36.4 Å². The van der Waals surface area contributed by atoms with Gasteiger partial charge in [-0.3, -0.25) is 4.79 Å². The molecule has 0 saturated carbocycles. The zero-order valence-electron chi connectivity index (χ0n) is 15.2. The van der Waals surface area contributed by atoms with Crippen molar-refractivity contribution >= 4 is 15.8 Å². The Morgan fingerprint density at radius 3 is 2.74 bits per heavy atom. The lowest BCUT2D eigenvalue weighted by Crippen LogP contribution is -2.34. The number of nitrogens with one attached hydrogen (secondary N) is 1. The highest BCUT2D eigenvalue weighted by atomic mass is 32.2. The van der Waals surface area contributed by atoms with E-state index in [0.717, 1.165) is 24.0 Å². The number of rotatable bonds is 6. The fourth-order valence-corrected chi connectivity index (χ4v) is 4.31. The highest BCUT2D eigenvalue weighted by molar-refractivity contribution is 7.89. The largest absolute Gasteiger partial charge is 0.387 e. The molecule has 0 amide bonds. The Hall–Kier alpha value is -2.06. The molecule has 0 aliphatic heterocycles. The molecule has 27 heavy (non-hydrogen) atoms. The maximum Gasteiger partial charge on any atom is 0.238 e. The Morgan fingerprint density at radius 2 is 2.00 bits per heavy atom. The lowest BCUT2D eigenvalue weighted by molar-refractivity contribution is 0.0895. The monoisotopic (exact) mass is 388 g/mol. The summed E-state index contributed by atoms with van der Waals surface area (Å²) in [5, 5.41) is 18.7. The van der Waals surface area contributed by atoms with E-state index in [2.05, 4.69) is 5.32 Å². The fourth-order valence-electron chi connectivity index (χ4n) is 3.50. The van der Waals surface area contributed by atoms with Gasteiger partial charge in [-0.2, -0.15) is 0 Å². The quantitative estimate of drug-likeness (QED) is 0.698. The molecule has 0 radical (unpaired) electrons. The molecule has 144 valence electrons. The second kappa shape index (κ2) is 7.90. The summed E-state index contributed by atoms with van der Waals surface area (Å²) in [6.07, 6.45) is 0.753. The van der Waals surface area contributed by atoms with Gasteiger partial charge in [0.25, 0.3) is 0 Å². The molecule has 0 aromatic heterocycles. The minimum Gasteiger partial charge on any atom is -0.387 e. The number of fused-ring (bicyclic) bond motifs is 1. The number of Topliss-reactive ketones (excluding diaryl/α,β-unsaturated/α-hetero) is 1. The molecule has 0 heterocycles. The number of hydrogen-bond acceptors (Lipinski definition) is 5. The zero-order valence-corrected chi connectivity index (χ0v) is 16.0. The maximum absolute atomic E-state index is 12.6. The summed E-state index contributed by atoms with van der Waals surface area (Å²) in [5.41, 5.74) is 2.88. The lowest BCUT2D eigenvalue weighted by Gasteiger charge is -2.24. The molecule has 0 unspecified atom stereocenters. The van der Waals surface area contributed by atoms with E-state index in [9.17, 15) is 18.3 Å². The van der Waals surface area contributed by atoms with E-state index in [4.69, 9.17) is 5.14 Å². The van der Waals surface area contributed by atoms with Crippen LogP contribution in [0.3, 0.4) is 0 Å². The van der Waals surface area contributed by atoms with Gasteiger partial charge in [-0.25, -0.2) is 13.6 Å². The number of hydrogen-bond donors (Lipinski definition) is 3. The van der Waals surface area contributed by atoms with E-state index in [1.54, 1.807) is 19.1 Å². The van der Waals surface area contributed by atoms with Crippen LogP contribution < -0.4 is 10.5 Å². The molecule has 2 aromatic rings. The van der Waals surface area contributed by atoms with Gasteiger partial charge in [0, 0.05) is 24.6 Å². The van der Waals surface area contributed by atoms with Crippen LogP contribution in [-0.4, -0.2) is 32.4 Å². The van der Waals surface area contributed by atoms with Crippen molar-refractivity contribution in [2.75, 3.05) is 13.1 Å². The number of carbonyl (C=O) groups excluding carboxylic acids is 1. The van der Waals surface area contributed by atoms with E-state index in [0.29, 0.717) is 17.7 Å². The summed E-state index contributed by atoms with van der Waals surface area (Å²) in [4.78, 5) is 12.6. The number of carbonyl (C=O) groups is 1. The topological polar surface area (TPSA) is 109 Å². The predicted molar refractivity (Wildman–Crippen MR) is 103 cm³/mol. The van der Waals surface area contributed by atoms with E-state index in [-0.39, 0.29) is 23.1 Å². The maximum atomic E-state index is 12.6. The standard InChI is InChI=1S/C20H24N2O4S/c1-13-6-7-15(10-19(13)27(21,25)26)18(23)12-22-11-16-9-8-14-4-2-3-5-17(14)20(16)24/h2-7,10,16,18,22-23H,8-9,11-12H2,1H3,(H2,21,25,26)/t16-,18-/m1/s1. The van der Waals surface area contributed by atoms with Crippen LogP contribution in [-0.2, 0) is 16.4 Å². The number of aryl methyl sites for hydroxylation is 2. The number of primary sulfonamides is 1. The molecule has 4 N–H and O–H groups in total. The highest BCUT2D eigenvalue weighted by Gasteiger charge is 2.26. The van der Waals surface area contributed by atoms with Crippen molar-refractivity contribution in [3.05, 3.63) is 64.7 Å². The first-order valence-corrected chi connectivity index (χ1v) is 10.5. The Kier molecular flexibility index (Phi) is 5.76. The molecule has 2 aromatic carbocycles. The summed E-state index contributed by atoms with van der Waals surface area (Å²) < 4.78 is 23.3. The smallest absolute Gasteiger partial charge is 0.238 e. The Balaban J connectivity index is 1.61. The van der Waals surface area contributed by atoms with Gasteiger partial charge in [0.1, 0.15) is 0 Å². The third-order valence-electron chi connectivity index (χ3n) is 5.05. The molecule has 0 fully saturated rings. The average Bonchev–Trinajstić information content (AvgIpc) is 2.63. The van der Waals surface area contributed by atoms with Gasteiger partial charge < -0.3 is 10.4 Å². The van der Waals surface area contributed by atoms with Crippen molar-refractivity contribution in [1.29, 1.82) is 0 Å². The Bertz CT molecular complexity index is 956. The molecule has 0 spiro atoms. The van der Waals surface area contributed by atoms with Crippen LogP contribution >= 0.6 is 0 Å². The minimum absolute atomic E-state index is 0.0121. The summed E-state index contributed by atoms with van der Waals surface area (Å²) >= 11 is 0. The van der Waals surface area contributed by atoms with Gasteiger partial charge in [-0.15, -0.1) is 0 Å². The van der Waals surface area contributed by atoms with Crippen LogP contribution in [0.15, 0.2) is 47.4 Å². The SMILES string of the molecule is Cc1ccc([C@H](O)CNC[C@H]2CCc3ccccc3C2=O)cc1S(N)(=O)=O. The molecular formula is C20H24N2O4S. The van der Waals surface area contributed by atoms with Gasteiger partial charge in [0.05, 0.1) is 11.0 Å². The number of benzene rings is 2. The van der Waals surface area contributed by atoms with Crippen molar-refractivity contribution in [3.8, 4) is 0 Å². The number of nitrogens with two attached hydrogens (primary N) is 1. The second-order valence-electron chi connectivity index (χ2n) is 7.00. The average molecular weight is 388 g/mol. The van der Waals surface area contributed by atoms with Gasteiger partial charge >= 0.3 is 0 Å². The van der Waals surface area contributed by atoms with Crippen LogP contribution in [0.5, 0.6) is 0 Å². The molecule has 6 nitrogen and oxygen atoms in total. The predicted octanol–water partition coefficient (Wildman–Crippen LogP) is 1.71. The molecule has 1 aliphatic rings. The number of aliphatic hydroxyl groups excluding tert-OH is 1. The van der Waals surface area contributed by atoms with Crippen LogP contribution in [0.2, 0.25) is 0 Å². The summed E-state index contributed by atoms with van der Waals surface area (Å²) in [6.45, 7) is 2.34. The molecule has 7 heteroatoms. The van der Waals surface area contributed by atoms with Crippen LogP contribution in [0.1, 0.15) is 39.6 Å².